The molecule has 0 unspecified atom stereocenters. The van der Waals surface area contributed by atoms with Gasteiger partial charge in [0.15, 0.2) is 0 Å². The van der Waals surface area contributed by atoms with Crippen LogP contribution in [0.3, 0.4) is 0 Å². The summed E-state index contributed by atoms with van der Waals surface area (Å²) >= 11 is 6.51. The molecule has 8 heteroatoms. The monoisotopic (exact) mass is 437 g/mol. The first-order valence-corrected chi connectivity index (χ1v) is 10.7. The van der Waals surface area contributed by atoms with Crippen molar-refractivity contribution in [3.05, 3.63) is 43.5 Å². The van der Waals surface area contributed by atoms with E-state index in [9.17, 15) is 4.79 Å². The molecular weight excluding hydrogens is 422 g/mol. The van der Waals surface area contributed by atoms with Crippen molar-refractivity contribution < 1.29 is 9.32 Å². The molecule has 0 radical (unpaired) electrons. The Kier molecular flexibility index (Phi) is 5.00. The largest absolute Gasteiger partial charge is 0.339 e. The van der Waals surface area contributed by atoms with Gasteiger partial charge in [-0.3, -0.25) is 4.79 Å². The number of amides is 1. The Bertz CT molecular complexity index is 859. The van der Waals surface area contributed by atoms with E-state index in [1.807, 2.05) is 33.2 Å². The minimum atomic E-state index is 0.116. The molecular formula is C17H16BrN3O2S2. The molecule has 1 atom stereocenters. The van der Waals surface area contributed by atoms with Gasteiger partial charge in [0.25, 0.3) is 5.91 Å². The Morgan fingerprint density at radius 2 is 2.36 bits per heavy atom. The molecule has 3 aromatic heterocycles. The third kappa shape index (κ3) is 3.86. The number of carbonyl (C=O) groups is 1. The maximum absolute atomic E-state index is 12.6. The maximum Gasteiger partial charge on any atom is 0.263 e. The lowest BCUT2D eigenvalue weighted by molar-refractivity contribution is 0.0673. The normalized spacial score (nSPS) is 17.8. The highest BCUT2D eigenvalue weighted by atomic mass is 79.9. The van der Waals surface area contributed by atoms with Crippen molar-refractivity contribution >= 4 is 44.5 Å². The Labute approximate surface area is 161 Å². The molecule has 25 heavy (non-hydrogen) atoms. The van der Waals surface area contributed by atoms with E-state index in [4.69, 9.17) is 4.52 Å². The first-order chi connectivity index (χ1) is 12.2. The van der Waals surface area contributed by atoms with Crippen LogP contribution in [0.2, 0.25) is 0 Å². The summed E-state index contributed by atoms with van der Waals surface area (Å²) in [4.78, 5) is 19.9. The predicted molar refractivity (Wildman–Crippen MR) is 102 cm³/mol. The van der Waals surface area contributed by atoms with Gasteiger partial charge in [-0.05, 0) is 52.2 Å². The van der Waals surface area contributed by atoms with Gasteiger partial charge < -0.3 is 9.42 Å². The van der Waals surface area contributed by atoms with Crippen LogP contribution in [0.25, 0.3) is 11.4 Å². The number of halogens is 1. The summed E-state index contributed by atoms with van der Waals surface area (Å²) in [6.07, 6.45) is 2.80. The van der Waals surface area contributed by atoms with Crippen molar-refractivity contribution in [3.63, 3.8) is 0 Å². The molecule has 1 aliphatic rings. The molecule has 0 saturated carbocycles. The molecule has 0 spiro atoms. The van der Waals surface area contributed by atoms with Gasteiger partial charge in [0.1, 0.15) is 0 Å². The number of aromatic nitrogens is 2. The molecule has 1 fully saturated rings. The van der Waals surface area contributed by atoms with Crippen LogP contribution in [-0.4, -0.2) is 34.0 Å². The van der Waals surface area contributed by atoms with Crippen molar-refractivity contribution in [3.8, 4) is 11.4 Å². The molecule has 4 heterocycles. The standard InChI is InChI=1S/C17H16BrN3O2S2/c18-13-7-14(25-10-13)17(22)21-4-1-2-11(8-21)6-15-19-16(20-23-15)12-3-5-24-9-12/h3,5,7,9-11H,1-2,4,6,8H2/t11-/m0/s1. The van der Waals surface area contributed by atoms with E-state index < -0.39 is 0 Å². The van der Waals surface area contributed by atoms with Crippen LogP contribution in [0.5, 0.6) is 0 Å². The average molecular weight is 438 g/mol. The summed E-state index contributed by atoms with van der Waals surface area (Å²) < 4.78 is 6.37. The molecule has 0 aliphatic carbocycles. The van der Waals surface area contributed by atoms with Crippen molar-refractivity contribution in [2.24, 2.45) is 5.92 Å². The molecule has 1 amide bonds. The molecule has 4 rings (SSSR count). The van der Waals surface area contributed by atoms with Crippen molar-refractivity contribution in [1.29, 1.82) is 0 Å². The smallest absolute Gasteiger partial charge is 0.263 e. The molecule has 0 N–H and O–H groups in total. The summed E-state index contributed by atoms with van der Waals surface area (Å²) in [5, 5.41) is 10.0. The summed E-state index contributed by atoms with van der Waals surface area (Å²) in [5.41, 5.74) is 0.990. The number of hydrogen-bond acceptors (Lipinski definition) is 6. The summed E-state index contributed by atoms with van der Waals surface area (Å²) in [7, 11) is 0. The number of rotatable bonds is 4. The van der Waals surface area contributed by atoms with Gasteiger partial charge in [0, 0.05) is 40.3 Å². The SMILES string of the molecule is O=C(c1cc(Br)cs1)N1CCC[C@@H](Cc2nc(-c3ccsc3)no2)C1. The number of thiophene rings is 2. The zero-order valence-corrected chi connectivity index (χ0v) is 16.6. The highest BCUT2D eigenvalue weighted by Crippen LogP contribution is 2.26. The number of carbonyl (C=O) groups excluding carboxylic acids is 1. The zero-order chi connectivity index (χ0) is 17.2. The zero-order valence-electron chi connectivity index (χ0n) is 13.4. The third-order valence-electron chi connectivity index (χ3n) is 4.30. The van der Waals surface area contributed by atoms with Crippen molar-refractivity contribution in [2.75, 3.05) is 13.1 Å². The second-order valence-electron chi connectivity index (χ2n) is 6.12. The van der Waals surface area contributed by atoms with Crippen molar-refractivity contribution in [2.45, 2.75) is 19.3 Å². The lowest BCUT2D eigenvalue weighted by Crippen LogP contribution is -2.40. The van der Waals surface area contributed by atoms with E-state index in [2.05, 4.69) is 26.1 Å². The summed E-state index contributed by atoms with van der Waals surface area (Å²) in [6, 6.07) is 3.88. The minimum Gasteiger partial charge on any atom is -0.339 e. The third-order valence-corrected chi connectivity index (χ3v) is 6.66. The average Bonchev–Trinajstić information content (AvgIpc) is 3.35. The van der Waals surface area contributed by atoms with E-state index >= 15 is 0 Å². The molecule has 1 saturated heterocycles. The van der Waals surface area contributed by atoms with Crippen LogP contribution >= 0.6 is 38.6 Å². The maximum atomic E-state index is 12.6. The van der Waals surface area contributed by atoms with Gasteiger partial charge in [-0.25, -0.2) is 0 Å². The molecule has 130 valence electrons. The van der Waals surface area contributed by atoms with E-state index in [-0.39, 0.29) is 5.91 Å². The Morgan fingerprint density at radius 1 is 1.44 bits per heavy atom. The van der Waals surface area contributed by atoms with Gasteiger partial charge in [0.2, 0.25) is 11.7 Å². The Morgan fingerprint density at radius 3 is 3.12 bits per heavy atom. The van der Waals surface area contributed by atoms with E-state index in [1.54, 1.807) is 11.3 Å². The van der Waals surface area contributed by atoms with Crippen LogP contribution in [0.4, 0.5) is 0 Å². The summed E-state index contributed by atoms with van der Waals surface area (Å²) in [5.74, 6) is 1.77. The first-order valence-electron chi connectivity index (χ1n) is 8.07. The van der Waals surface area contributed by atoms with Crippen LogP contribution in [0.1, 0.15) is 28.4 Å². The number of nitrogens with zero attached hydrogens (tertiary/aromatic N) is 3. The number of hydrogen-bond donors (Lipinski definition) is 0. The number of likely N-dealkylation sites (tertiary alicyclic amines) is 1. The van der Waals surface area contributed by atoms with E-state index in [1.165, 1.54) is 11.3 Å². The summed E-state index contributed by atoms with van der Waals surface area (Å²) in [6.45, 7) is 1.55. The molecule has 0 bridgehead atoms. The Balaban J connectivity index is 1.41. The lowest BCUT2D eigenvalue weighted by Gasteiger charge is -2.31. The fourth-order valence-corrected chi connectivity index (χ4v) is 5.12. The van der Waals surface area contributed by atoms with Crippen molar-refractivity contribution in [1.82, 2.24) is 15.0 Å². The van der Waals surface area contributed by atoms with E-state index in [0.717, 1.165) is 47.3 Å². The van der Waals surface area contributed by atoms with Gasteiger partial charge in [-0.15, -0.1) is 11.3 Å². The topological polar surface area (TPSA) is 59.2 Å². The quantitative estimate of drug-likeness (QED) is 0.592. The van der Waals surface area contributed by atoms with Crippen LogP contribution in [-0.2, 0) is 6.42 Å². The fraction of sp³-hybridized carbons (Fsp3) is 0.353. The second kappa shape index (κ2) is 7.39. The highest BCUT2D eigenvalue weighted by Gasteiger charge is 2.27. The minimum absolute atomic E-state index is 0.116. The highest BCUT2D eigenvalue weighted by molar-refractivity contribution is 9.10. The molecule has 1 aliphatic heterocycles. The van der Waals surface area contributed by atoms with Gasteiger partial charge in [0.05, 0.1) is 4.88 Å². The lowest BCUT2D eigenvalue weighted by atomic mass is 9.94. The van der Waals surface area contributed by atoms with E-state index in [0.29, 0.717) is 17.6 Å². The second-order valence-corrected chi connectivity index (χ2v) is 8.72. The predicted octanol–water partition coefficient (Wildman–Crippen LogP) is 4.72. The van der Waals surface area contributed by atoms with Gasteiger partial charge >= 0.3 is 0 Å². The molecule has 0 aromatic carbocycles. The van der Waals surface area contributed by atoms with Crippen LogP contribution in [0, 0.1) is 5.92 Å². The molecule has 5 nitrogen and oxygen atoms in total. The van der Waals surface area contributed by atoms with Gasteiger partial charge in [-0.1, -0.05) is 5.16 Å². The van der Waals surface area contributed by atoms with Crippen LogP contribution in [0.15, 0.2) is 37.3 Å². The Hall–Kier alpha value is -1.51. The van der Waals surface area contributed by atoms with Gasteiger partial charge in [-0.2, -0.15) is 16.3 Å². The first kappa shape index (κ1) is 16.9. The fourth-order valence-electron chi connectivity index (χ4n) is 3.09. The number of piperidine rings is 1. The van der Waals surface area contributed by atoms with Crippen LogP contribution < -0.4 is 0 Å². The molecule has 3 aromatic rings.